The quantitative estimate of drug-likeness (QED) is 0.736. The van der Waals surface area contributed by atoms with Gasteiger partial charge in [-0.3, -0.25) is 4.79 Å². The first-order chi connectivity index (χ1) is 13.5. The summed E-state index contributed by atoms with van der Waals surface area (Å²) < 4.78 is 0. The van der Waals surface area contributed by atoms with Gasteiger partial charge in [-0.1, -0.05) is 37.3 Å². The lowest BCUT2D eigenvalue weighted by atomic mass is 9.98. The predicted octanol–water partition coefficient (Wildman–Crippen LogP) is 3.89. The third-order valence-corrected chi connectivity index (χ3v) is 5.99. The minimum atomic E-state index is -0.509. The molecule has 1 aromatic carbocycles. The van der Waals surface area contributed by atoms with Crippen molar-refractivity contribution in [2.75, 3.05) is 24.5 Å². The first-order valence-corrected chi connectivity index (χ1v) is 10.6. The molecule has 148 valence electrons. The van der Waals surface area contributed by atoms with Crippen LogP contribution in [0.5, 0.6) is 0 Å². The highest BCUT2D eigenvalue weighted by atomic mass is 35.5. The van der Waals surface area contributed by atoms with E-state index < -0.39 is 5.38 Å². The van der Waals surface area contributed by atoms with Gasteiger partial charge in [0.05, 0.1) is 12.2 Å². The van der Waals surface area contributed by atoms with Crippen molar-refractivity contribution in [1.82, 2.24) is 14.9 Å². The zero-order valence-corrected chi connectivity index (χ0v) is 17.3. The lowest BCUT2D eigenvalue weighted by Gasteiger charge is -2.36. The number of carbonyl (C=O) groups is 1. The van der Waals surface area contributed by atoms with E-state index in [2.05, 4.69) is 24.0 Å². The molecule has 0 radical (unpaired) electrons. The number of halogens is 1. The van der Waals surface area contributed by atoms with E-state index in [9.17, 15) is 4.79 Å². The van der Waals surface area contributed by atoms with Gasteiger partial charge in [0.1, 0.15) is 11.2 Å². The molecular formula is C22H27ClN4O. The summed E-state index contributed by atoms with van der Waals surface area (Å²) in [4.78, 5) is 26.6. The molecule has 1 fully saturated rings. The molecule has 3 heterocycles. The van der Waals surface area contributed by atoms with E-state index in [1.165, 1.54) is 12.8 Å². The first kappa shape index (κ1) is 19.2. The summed E-state index contributed by atoms with van der Waals surface area (Å²) in [5.41, 5.74) is 3.18. The minimum Gasteiger partial charge on any atom is -0.356 e. The molecule has 0 spiro atoms. The number of carbonyl (C=O) groups excluding carboxylic acids is 1. The van der Waals surface area contributed by atoms with Gasteiger partial charge < -0.3 is 9.80 Å². The highest BCUT2D eigenvalue weighted by Gasteiger charge is 2.30. The molecule has 1 amide bonds. The Balaban J connectivity index is 1.74. The van der Waals surface area contributed by atoms with Crippen molar-refractivity contribution >= 4 is 23.3 Å². The molecule has 1 atom stereocenters. The van der Waals surface area contributed by atoms with Crippen molar-refractivity contribution in [2.45, 2.75) is 45.0 Å². The number of rotatable bonds is 3. The Morgan fingerprint density at radius 2 is 1.86 bits per heavy atom. The zero-order valence-electron chi connectivity index (χ0n) is 16.6. The number of alkyl halides is 1. The van der Waals surface area contributed by atoms with Crippen LogP contribution in [0, 0.1) is 5.92 Å². The summed E-state index contributed by atoms with van der Waals surface area (Å²) in [5, 5.41) is -0.509. The number of amides is 1. The molecule has 6 heteroatoms. The third kappa shape index (κ3) is 3.86. The van der Waals surface area contributed by atoms with Crippen molar-refractivity contribution in [1.29, 1.82) is 0 Å². The maximum atomic E-state index is 12.5. The number of nitrogens with zero attached hydrogens (tertiary/aromatic N) is 4. The number of benzene rings is 1. The summed E-state index contributed by atoms with van der Waals surface area (Å²) in [6.07, 6.45) is 3.08. The van der Waals surface area contributed by atoms with E-state index in [0.29, 0.717) is 13.1 Å². The maximum Gasteiger partial charge on any atom is 0.240 e. The van der Waals surface area contributed by atoms with Crippen LogP contribution >= 0.6 is 11.6 Å². The molecule has 0 aliphatic carbocycles. The standard InChI is InChI=1S/C22H27ClN4O/c1-15-8-11-26(12-9-15)21-18-14-27(22(28)16(2)23)13-10-19(18)24-20(25-21)17-6-4-3-5-7-17/h3-7,15-16H,8-14H2,1-2H3/t16-/m1/s1. The monoisotopic (exact) mass is 398 g/mol. The van der Waals surface area contributed by atoms with Gasteiger partial charge in [-0.15, -0.1) is 11.6 Å². The number of hydrogen-bond acceptors (Lipinski definition) is 4. The van der Waals surface area contributed by atoms with E-state index >= 15 is 0 Å². The highest BCUT2D eigenvalue weighted by Crippen LogP contribution is 2.32. The molecule has 4 rings (SSSR count). The van der Waals surface area contributed by atoms with Crippen molar-refractivity contribution < 1.29 is 4.79 Å². The van der Waals surface area contributed by atoms with Crippen LogP contribution in [0.3, 0.4) is 0 Å². The number of hydrogen-bond donors (Lipinski definition) is 0. The third-order valence-electron chi connectivity index (χ3n) is 5.81. The van der Waals surface area contributed by atoms with Gasteiger partial charge in [0.2, 0.25) is 5.91 Å². The van der Waals surface area contributed by atoms with E-state index in [1.807, 2.05) is 23.1 Å². The molecule has 1 saturated heterocycles. The lowest BCUT2D eigenvalue weighted by molar-refractivity contribution is -0.131. The molecule has 0 unspecified atom stereocenters. The first-order valence-electron chi connectivity index (χ1n) is 10.2. The van der Waals surface area contributed by atoms with Gasteiger partial charge in [0, 0.05) is 37.2 Å². The topological polar surface area (TPSA) is 49.3 Å². The largest absolute Gasteiger partial charge is 0.356 e. The zero-order chi connectivity index (χ0) is 19.7. The van der Waals surface area contributed by atoms with Crippen LogP contribution in [0.2, 0.25) is 0 Å². The van der Waals surface area contributed by atoms with Gasteiger partial charge in [-0.05, 0) is 25.7 Å². The van der Waals surface area contributed by atoms with Crippen LogP contribution in [-0.2, 0) is 17.8 Å². The van der Waals surface area contributed by atoms with Gasteiger partial charge in [0.25, 0.3) is 0 Å². The van der Waals surface area contributed by atoms with Crippen LogP contribution < -0.4 is 4.90 Å². The smallest absolute Gasteiger partial charge is 0.240 e. The highest BCUT2D eigenvalue weighted by molar-refractivity contribution is 6.30. The summed E-state index contributed by atoms with van der Waals surface area (Å²) in [5.74, 6) is 2.50. The van der Waals surface area contributed by atoms with Crippen LogP contribution in [0.25, 0.3) is 11.4 Å². The van der Waals surface area contributed by atoms with Gasteiger partial charge >= 0.3 is 0 Å². The fraction of sp³-hybridized carbons (Fsp3) is 0.500. The van der Waals surface area contributed by atoms with Gasteiger partial charge in [-0.2, -0.15) is 0 Å². The summed E-state index contributed by atoms with van der Waals surface area (Å²) in [6.45, 7) is 7.25. The molecule has 0 saturated carbocycles. The second-order valence-electron chi connectivity index (χ2n) is 7.96. The van der Waals surface area contributed by atoms with E-state index in [0.717, 1.165) is 53.9 Å². The van der Waals surface area contributed by atoms with E-state index in [-0.39, 0.29) is 5.91 Å². The number of anilines is 1. The molecule has 0 N–H and O–H groups in total. The fourth-order valence-electron chi connectivity index (χ4n) is 4.03. The SMILES string of the molecule is CC1CCN(c2nc(-c3ccccc3)nc3c2CN(C(=O)[C@@H](C)Cl)CC3)CC1. The Morgan fingerprint density at radius 1 is 1.14 bits per heavy atom. The normalized spacial score (nSPS) is 18.7. The predicted molar refractivity (Wildman–Crippen MR) is 113 cm³/mol. The van der Waals surface area contributed by atoms with Crippen molar-refractivity contribution in [3.63, 3.8) is 0 Å². The molecule has 1 aromatic heterocycles. The molecule has 28 heavy (non-hydrogen) atoms. The Labute approximate surface area is 171 Å². The average molecular weight is 399 g/mol. The molecule has 0 bridgehead atoms. The van der Waals surface area contributed by atoms with Gasteiger partial charge in [-0.25, -0.2) is 9.97 Å². The second kappa shape index (κ2) is 8.08. The van der Waals surface area contributed by atoms with Crippen molar-refractivity contribution in [2.24, 2.45) is 5.92 Å². The summed E-state index contributed by atoms with van der Waals surface area (Å²) in [7, 11) is 0. The maximum absolute atomic E-state index is 12.5. The van der Waals surface area contributed by atoms with Crippen molar-refractivity contribution in [3.05, 3.63) is 41.6 Å². The van der Waals surface area contributed by atoms with Gasteiger partial charge in [0.15, 0.2) is 5.82 Å². The Hall–Kier alpha value is -2.14. The Bertz CT molecular complexity index is 847. The van der Waals surface area contributed by atoms with Crippen LogP contribution in [0.4, 0.5) is 5.82 Å². The summed E-state index contributed by atoms with van der Waals surface area (Å²) in [6, 6.07) is 10.1. The van der Waals surface area contributed by atoms with E-state index in [4.69, 9.17) is 21.6 Å². The van der Waals surface area contributed by atoms with Crippen LogP contribution in [-0.4, -0.2) is 45.8 Å². The molecule has 2 aliphatic heterocycles. The van der Waals surface area contributed by atoms with Crippen LogP contribution in [0.15, 0.2) is 30.3 Å². The Morgan fingerprint density at radius 3 is 2.54 bits per heavy atom. The van der Waals surface area contributed by atoms with Crippen LogP contribution in [0.1, 0.15) is 37.9 Å². The molecule has 2 aromatic rings. The molecular weight excluding hydrogens is 372 g/mol. The van der Waals surface area contributed by atoms with Crippen molar-refractivity contribution in [3.8, 4) is 11.4 Å². The minimum absolute atomic E-state index is 0.0160. The second-order valence-corrected chi connectivity index (χ2v) is 8.61. The molecule has 2 aliphatic rings. The van der Waals surface area contributed by atoms with E-state index in [1.54, 1.807) is 6.92 Å². The lowest BCUT2D eigenvalue weighted by Crippen LogP contribution is -2.42. The fourth-order valence-corrected chi connectivity index (χ4v) is 4.17. The number of piperidine rings is 1. The summed E-state index contributed by atoms with van der Waals surface area (Å²) >= 11 is 6.07. The number of aromatic nitrogens is 2. The average Bonchev–Trinajstić information content (AvgIpc) is 2.73. The molecule has 5 nitrogen and oxygen atoms in total. The number of fused-ring (bicyclic) bond motifs is 1. The Kier molecular flexibility index (Phi) is 5.54.